The fourth-order valence-electron chi connectivity index (χ4n) is 1.43. The van der Waals surface area contributed by atoms with E-state index < -0.39 is 16.0 Å². The highest BCUT2D eigenvalue weighted by Crippen LogP contribution is 2.13. The third-order valence-corrected chi connectivity index (χ3v) is 4.08. The maximum absolute atomic E-state index is 12.0. The van der Waals surface area contributed by atoms with Crippen molar-refractivity contribution in [1.29, 1.82) is 0 Å². The standard InChI is InChI=1S/C12H17NO3S/c1-10(17(16)9-8-14)12(15)13(2)11-6-4-3-5-7-11/h3-7,10,14H,8-9H2,1-2H3/t10-,17+/m0/s1. The summed E-state index contributed by atoms with van der Waals surface area (Å²) in [5, 5.41) is 8.10. The molecule has 0 bridgehead atoms. The van der Waals surface area contributed by atoms with Gasteiger partial charge in [-0.2, -0.15) is 0 Å². The zero-order valence-corrected chi connectivity index (χ0v) is 10.8. The smallest absolute Gasteiger partial charge is 0.242 e. The van der Waals surface area contributed by atoms with Crippen LogP contribution in [0, 0.1) is 0 Å². The van der Waals surface area contributed by atoms with E-state index in [1.165, 1.54) is 4.90 Å². The molecule has 0 heterocycles. The van der Waals surface area contributed by atoms with E-state index >= 15 is 0 Å². The normalized spacial score (nSPS) is 14.1. The van der Waals surface area contributed by atoms with Crippen molar-refractivity contribution < 1.29 is 14.1 Å². The summed E-state index contributed by atoms with van der Waals surface area (Å²) >= 11 is 0. The molecule has 4 nitrogen and oxygen atoms in total. The molecule has 1 aromatic carbocycles. The molecular weight excluding hydrogens is 238 g/mol. The van der Waals surface area contributed by atoms with E-state index in [1.54, 1.807) is 14.0 Å². The summed E-state index contributed by atoms with van der Waals surface area (Å²) in [6.45, 7) is 1.45. The minimum absolute atomic E-state index is 0.134. The Morgan fingerprint density at radius 1 is 1.41 bits per heavy atom. The summed E-state index contributed by atoms with van der Waals surface area (Å²) in [4.78, 5) is 13.5. The largest absolute Gasteiger partial charge is 0.395 e. The number of nitrogens with zero attached hydrogens (tertiary/aromatic N) is 1. The molecule has 0 saturated carbocycles. The summed E-state index contributed by atoms with van der Waals surface area (Å²) in [5.74, 6) is -0.0711. The molecule has 0 spiro atoms. The highest BCUT2D eigenvalue weighted by Gasteiger charge is 2.23. The number of aliphatic hydroxyl groups is 1. The Morgan fingerprint density at radius 2 is 2.00 bits per heavy atom. The lowest BCUT2D eigenvalue weighted by atomic mass is 10.3. The van der Waals surface area contributed by atoms with Crippen LogP contribution in [0.15, 0.2) is 30.3 Å². The second kappa shape index (κ2) is 6.51. The predicted molar refractivity (Wildman–Crippen MR) is 69.4 cm³/mol. The van der Waals surface area contributed by atoms with Crippen LogP contribution in [0.2, 0.25) is 0 Å². The fourth-order valence-corrected chi connectivity index (χ4v) is 2.35. The Kier molecular flexibility index (Phi) is 5.31. The fraction of sp³-hybridized carbons (Fsp3) is 0.417. The third-order valence-electron chi connectivity index (χ3n) is 2.51. The minimum atomic E-state index is -1.33. The molecule has 94 valence electrons. The quantitative estimate of drug-likeness (QED) is 0.846. The van der Waals surface area contributed by atoms with Gasteiger partial charge in [0.05, 0.1) is 6.61 Å². The first-order valence-corrected chi connectivity index (χ1v) is 6.76. The monoisotopic (exact) mass is 255 g/mol. The molecule has 0 fully saturated rings. The highest BCUT2D eigenvalue weighted by molar-refractivity contribution is 7.86. The Morgan fingerprint density at radius 3 is 2.53 bits per heavy atom. The second-order valence-electron chi connectivity index (χ2n) is 3.68. The van der Waals surface area contributed by atoms with Crippen molar-refractivity contribution in [3.8, 4) is 0 Å². The highest BCUT2D eigenvalue weighted by atomic mass is 32.2. The van der Waals surface area contributed by atoms with Crippen molar-refractivity contribution in [3.63, 3.8) is 0 Å². The molecule has 1 aromatic rings. The number of anilines is 1. The molecule has 0 unspecified atom stereocenters. The van der Waals surface area contributed by atoms with Gasteiger partial charge in [-0.1, -0.05) is 18.2 Å². The van der Waals surface area contributed by atoms with E-state index in [-0.39, 0.29) is 18.3 Å². The first kappa shape index (κ1) is 13.9. The first-order valence-electron chi connectivity index (χ1n) is 5.38. The number of aliphatic hydroxyl groups excluding tert-OH is 1. The second-order valence-corrected chi connectivity index (χ2v) is 5.56. The molecule has 0 aliphatic carbocycles. The Hall–Kier alpha value is -1.20. The Balaban J connectivity index is 2.73. The van der Waals surface area contributed by atoms with Gasteiger partial charge in [0.2, 0.25) is 5.91 Å². The van der Waals surface area contributed by atoms with Crippen LogP contribution in [-0.2, 0) is 15.6 Å². The van der Waals surface area contributed by atoms with Crippen LogP contribution < -0.4 is 4.90 Å². The van der Waals surface area contributed by atoms with Crippen molar-refractivity contribution in [1.82, 2.24) is 0 Å². The van der Waals surface area contributed by atoms with Crippen LogP contribution in [0.5, 0.6) is 0 Å². The van der Waals surface area contributed by atoms with Gasteiger partial charge in [0.1, 0.15) is 5.25 Å². The number of rotatable bonds is 5. The number of hydrogen-bond donors (Lipinski definition) is 1. The van der Waals surface area contributed by atoms with Crippen molar-refractivity contribution in [2.75, 3.05) is 24.3 Å². The van der Waals surface area contributed by atoms with Gasteiger partial charge >= 0.3 is 0 Å². The number of amides is 1. The van der Waals surface area contributed by atoms with Crippen molar-refractivity contribution in [3.05, 3.63) is 30.3 Å². The topological polar surface area (TPSA) is 57.6 Å². The lowest BCUT2D eigenvalue weighted by Crippen LogP contribution is -2.38. The number of carbonyl (C=O) groups is 1. The predicted octanol–water partition coefficient (Wildman–Crippen LogP) is 0.779. The summed E-state index contributed by atoms with van der Waals surface area (Å²) < 4.78 is 11.6. The zero-order chi connectivity index (χ0) is 12.8. The van der Waals surface area contributed by atoms with Crippen LogP contribution in [-0.4, -0.2) is 39.9 Å². The summed E-state index contributed by atoms with van der Waals surface area (Å²) in [6, 6.07) is 9.19. The average Bonchev–Trinajstić information content (AvgIpc) is 2.37. The van der Waals surface area contributed by atoms with Crippen molar-refractivity contribution in [2.45, 2.75) is 12.2 Å². The summed E-state index contributed by atoms with van der Waals surface area (Å²) in [6.07, 6.45) is 0. The van der Waals surface area contributed by atoms with Crippen molar-refractivity contribution in [2.24, 2.45) is 0 Å². The number of carbonyl (C=O) groups excluding carboxylic acids is 1. The SMILES string of the molecule is C[C@@H](C(=O)N(C)c1ccccc1)[S@](=O)CCO. The number of para-hydroxylation sites is 1. The van der Waals surface area contributed by atoms with Crippen LogP contribution in [0.1, 0.15) is 6.92 Å². The molecule has 1 rings (SSSR count). The first-order chi connectivity index (χ1) is 8.07. The van der Waals surface area contributed by atoms with E-state index in [1.807, 2.05) is 30.3 Å². The van der Waals surface area contributed by atoms with E-state index in [4.69, 9.17) is 5.11 Å². The molecule has 0 saturated heterocycles. The van der Waals surface area contributed by atoms with Gasteiger partial charge in [-0.25, -0.2) is 0 Å². The van der Waals surface area contributed by atoms with E-state index in [0.717, 1.165) is 5.69 Å². The van der Waals surface area contributed by atoms with Crippen molar-refractivity contribution >= 4 is 22.4 Å². The molecule has 0 aliphatic heterocycles. The Bertz CT molecular complexity index is 394. The molecule has 5 heteroatoms. The lowest BCUT2D eigenvalue weighted by molar-refractivity contribution is -0.117. The molecule has 2 atom stereocenters. The molecule has 0 aromatic heterocycles. The van der Waals surface area contributed by atoms with Gasteiger partial charge in [0.25, 0.3) is 0 Å². The maximum atomic E-state index is 12.0. The van der Waals surface area contributed by atoms with Gasteiger partial charge in [-0.15, -0.1) is 0 Å². The molecule has 0 radical (unpaired) electrons. The van der Waals surface area contributed by atoms with Crippen LogP contribution in [0.3, 0.4) is 0 Å². The van der Waals surface area contributed by atoms with E-state index in [2.05, 4.69) is 0 Å². The molecule has 0 aliphatic rings. The molecule has 1 N–H and O–H groups in total. The maximum Gasteiger partial charge on any atom is 0.242 e. The summed E-state index contributed by atoms with van der Waals surface area (Å²) in [5.41, 5.74) is 0.769. The number of benzene rings is 1. The van der Waals surface area contributed by atoms with Gasteiger partial charge in [0, 0.05) is 29.3 Å². The van der Waals surface area contributed by atoms with Crippen LogP contribution >= 0.6 is 0 Å². The summed E-state index contributed by atoms with van der Waals surface area (Å²) in [7, 11) is 0.327. The minimum Gasteiger partial charge on any atom is -0.395 e. The molecule has 17 heavy (non-hydrogen) atoms. The Labute approximate surface area is 104 Å². The van der Waals surface area contributed by atoms with E-state index in [0.29, 0.717) is 0 Å². The lowest BCUT2D eigenvalue weighted by Gasteiger charge is -2.20. The van der Waals surface area contributed by atoms with Crippen LogP contribution in [0.25, 0.3) is 0 Å². The van der Waals surface area contributed by atoms with Gasteiger partial charge in [0.15, 0.2) is 0 Å². The van der Waals surface area contributed by atoms with E-state index in [9.17, 15) is 9.00 Å². The average molecular weight is 255 g/mol. The van der Waals surface area contributed by atoms with Gasteiger partial charge in [-0.05, 0) is 19.1 Å². The zero-order valence-electron chi connectivity index (χ0n) is 10.00. The van der Waals surface area contributed by atoms with Gasteiger partial charge < -0.3 is 10.0 Å². The molecular formula is C12H17NO3S. The number of hydrogen-bond acceptors (Lipinski definition) is 3. The van der Waals surface area contributed by atoms with Gasteiger partial charge in [-0.3, -0.25) is 9.00 Å². The third kappa shape index (κ3) is 3.64. The van der Waals surface area contributed by atoms with Crippen LogP contribution in [0.4, 0.5) is 5.69 Å². The molecule has 1 amide bonds.